The molecule has 6 heteroatoms. The van der Waals surface area contributed by atoms with E-state index in [9.17, 15) is 4.79 Å². The molecule has 0 radical (unpaired) electrons. The third-order valence-corrected chi connectivity index (χ3v) is 3.51. The van der Waals surface area contributed by atoms with Gasteiger partial charge in [-0.25, -0.2) is 4.52 Å². The number of nitrogens with two attached hydrogens (primary N) is 1. The molecule has 18 heavy (non-hydrogen) atoms. The summed E-state index contributed by atoms with van der Waals surface area (Å²) in [6.07, 6.45) is 6.61. The first-order valence-corrected chi connectivity index (χ1v) is 5.99. The normalized spacial score (nSPS) is 23.8. The molecule has 2 unspecified atom stereocenters. The first kappa shape index (κ1) is 11.2. The van der Waals surface area contributed by atoms with Crippen LogP contribution < -0.4 is 5.73 Å². The smallest absolute Gasteiger partial charge is 0.257 e. The lowest BCUT2D eigenvalue weighted by molar-refractivity contribution is 0.0788. The van der Waals surface area contributed by atoms with Gasteiger partial charge in [0.25, 0.3) is 5.91 Å². The lowest BCUT2D eigenvalue weighted by atomic mass is 10.1. The standard InChI is InChI=1S/C12H15N5O/c1-8-6-16(7-10(8)13)12(18)9-4-15-17-3-2-14-5-11(9)17/h2-5,8,10H,6-7,13H2,1H3. The molecule has 2 aromatic rings. The molecule has 2 N–H and O–H groups in total. The molecular weight excluding hydrogens is 230 g/mol. The zero-order valence-electron chi connectivity index (χ0n) is 10.2. The number of likely N-dealkylation sites (tertiary alicyclic amines) is 1. The van der Waals surface area contributed by atoms with Gasteiger partial charge < -0.3 is 10.6 Å². The molecule has 94 valence electrons. The minimum Gasteiger partial charge on any atom is -0.337 e. The van der Waals surface area contributed by atoms with Gasteiger partial charge in [-0.15, -0.1) is 0 Å². The van der Waals surface area contributed by atoms with Crippen molar-refractivity contribution >= 4 is 11.4 Å². The molecule has 0 aromatic carbocycles. The topological polar surface area (TPSA) is 76.5 Å². The highest BCUT2D eigenvalue weighted by molar-refractivity contribution is 6.00. The second-order valence-electron chi connectivity index (χ2n) is 4.82. The van der Waals surface area contributed by atoms with Crippen LogP contribution in [0, 0.1) is 5.92 Å². The zero-order valence-corrected chi connectivity index (χ0v) is 10.2. The SMILES string of the molecule is CC1CN(C(=O)c2cnn3ccncc23)CC1N. The van der Waals surface area contributed by atoms with Crippen molar-refractivity contribution in [2.75, 3.05) is 13.1 Å². The van der Waals surface area contributed by atoms with Gasteiger partial charge in [0.2, 0.25) is 0 Å². The van der Waals surface area contributed by atoms with Gasteiger partial charge in [0.15, 0.2) is 0 Å². The van der Waals surface area contributed by atoms with Gasteiger partial charge in [0.05, 0.1) is 23.5 Å². The van der Waals surface area contributed by atoms with Gasteiger partial charge in [-0.3, -0.25) is 9.78 Å². The summed E-state index contributed by atoms with van der Waals surface area (Å²) < 4.78 is 1.65. The van der Waals surface area contributed by atoms with Gasteiger partial charge in [-0.2, -0.15) is 5.10 Å². The van der Waals surface area contributed by atoms with E-state index in [0.29, 0.717) is 24.6 Å². The molecule has 3 heterocycles. The van der Waals surface area contributed by atoms with E-state index in [0.717, 1.165) is 5.52 Å². The van der Waals surface area contributed by atoms with E-state index in [-0.39, 0.29) is 11.9 Å². The van der Waals surface area contributed by atoms with E-state index in [1.165, 1.54) is 0 Å². The van der Waals surface area contributed by atoms with Crippen molar-refractivity contribution in [2.45, 2.75) is 13.0 Å². The lowest BCUT2D eigenvalue weighted by Gasteiger charge is -2.14. The number of carbonyl (C=O) groups is 1. The maximum Gasteiger partial charge on any atom is 0.257 e. The average molecular weight is 245 g/mol. The van der Waals surface area contributed by atoms with Crippen LogP contribution in [0.25, 0.3) is 5.52 Å². The van der Waals surface area contributed by atoms with Crippen molar-refractivity contribution in [1.29, 1.82) is 0 Å². The summed E-state index contributed by atoms with van der Waals surface area (Å²) in [6.45, 7) is 3.38. The Labute approximate surface area is 104 Å². The Balaban J connectivity index is 1.93. The maximum atomic E-state index is 12.4. The summed E-state index contributed by atoms with van der Waals surface area (Å²) >= 11 is 0. The van der Waals surface area contributed by atoms with Crippen molar-refractivity contribution in [3.05, 3.63) is 30.4 Å². The summed E-state index contributed by atoms with van der Waals surface area (Å²) in [7, 11) is 0. The number of nitrogens with zero attached hydrogens (tertiary/aromatic N) is 4. The molecule has 6 nitrogen and oxygen atoms in total. The van der Waals surface area contributed by atoms with Crippen molar-refractivity contribution < 1.29 is 4.79 Å². The molecule has 1 aliphatic rings. The summed E-state index contributed by atoms with van der Waals surface area (Å²) in [5.41, 5.74) is 7.26. The Hall–Kier alpha value is -1.95. The number of aromatic nitrogens is 3. The number of amides is 1. The molecule has 2 atom stereocenters. The van der Waals surface area contributed by atoms with Crippen LogP contribution >= 0.6 is 0 Å². The Morgan fingerprint density at radius 2 is 2.28 bits per heavy atom. The molecule has 1 saturated heterocycles. The fraction of sp³-hybridized carbons (Fsp3) is 0.417. The summed E-state index contributed by atoms with van der Waals surface area (Å²) in [6, 6.07) is 0.0638. The molecule has 2 aromatic heterocycles. The van der Waals surface area contributed by atoms with Crippen LogP contribution in [0.5, 0.6) is 0 Å². The minimum atomic E-state index is -0.0159. The number of hydrogen-bond acceptors (Lipinski definition) is 4. The molecule has 1 aliphatic heterocycles. The second kappa shape index (κ2) is 4.06. The van der Waals surface area contributed by atoms with Crippen LogP contribution in [0.1, 0.15) is 17.3 Å². The Morgan fingerprint density at radius 1 is 1.44 bits per heavy atom. The largest absolute Gasteiger partial charge is 0.337 e. The van der Waals surface area contributed by atoms with Crippen molar-refractivity contribution in [2.24, 2.45) is 11.7 Å². The molecule has 1 fully saturated rings. The summed E-state index contributed by atoms with van der Waals surface area (Å²) in [5.74, 6) is 0.326. The highest BCUT2D eigenvalue weighted by atomic mass is 16.2. The van der Waals surface area contributed by atoms with Gasteiger partial charge in [-0.05, 0) is 5.92 Å². The predicted octanol–water partition coefficient (Wildman–Crippen LogP) is 0.148. The monoisotopic (exact) mass is 245 g/mol. The fourth-order valence-corrected chi connectivity index (χ4v) is 2.33. The van der Waals surface area contributed by atoms with Gasteiger partial charge in [-0.1, -0.05) is 6.92 Å². The number of hydrogen-bond donors (Lipinski definition) is 1. The maximum absolute atomic E-state index is 12.4. The van der Waals surface area contributed by atoms with Crippen LogP contribution in [0.3, 0.4) is 0 Å². The van der Waals surface area contributed by atoms with Gasteiger partial charge >= 0.3 is 0 Å². The third-order valence-electron chi connectivity index (χ3n) is 3.51. The van der Waals surface area contributed by atoms with Crippen molar-refractivity contribution in [3.63, 3.8) is 0 Å². The molecule has 0 bridgehead atoms. The van der Waals surface area contributed by atoms with E-state index in [1.54, 1.807) is 34.2 Å². The van der Waals surface area contributed by atoms with Crippen LogP contribution in [-0.2, 0) is 0 Å². The Bertz CT molecular complexity index is 583. The molecule has 0 saturated carbocycles. The van der Waals surface area contributed by atoms with E-state index in [4.69, 9.17) is 5.73 Å². The van der Waals surface area contributed by atoms with E-state index >= 15 is 0 Å². The number of rotatable bonds is 1. The van der Waals surface area contributed by atoms with Crippen LogP contribution in [0.2, 0.25) is 0 Å². The summed E-state index contributed by atoms with van der Waals surface area (Å²) in [4.78, 5) is 18.2. The van der Waals surface area contributed by atoms with E-state index < -0.39 is 0 Å². The van der Waals surface area contributed by atoms with Gasteiger partial charge in [0, 0.05) is 31.5 Å². The fourth-order valence-electron chi connectivity index (χ4n) is 2.33. The Morgan fingerprint density at radius 3 is 3.00 bits per heavy atom. The van der Waals surface area contributed by atoms with Gasteiger partial charge in [0.1, 0.15) is 0 Å². The van der Waals surface area contributed by atoms with Crippen molar-refractivity contribution in [1.82, 2.24) is 19.5 Å². The van der Waals surface area contributed by atoms with E-state index in [2.05, 4.69) is 17.0 Å². The average Bonchev–Trinajstić information content (AvgIpc) is 2.93. The quantitative estimate of drug-likeness (QED) is 0.775. The first-order chi connectivity index (χ1) is 8.66. The molecule has 3 rings (SSSR count). The lowest BCUT2D eigenvalue weighted by Crippen LogP contribution is -2.32. The molecule has 1 amide bonds. The van der Waals surface area contributed by atoms with Crippen LogP contribution in [0.15, 0.2) is 24.8 Å². The minimum absolute atomic E-state index is 0.0159. The van der Waals surface area contributed by atoms with Crippen molar-refractivity contribution in [3.8, 4) is 0 Å². The second-order valence-corrected chi connectivity index (χ2v) is 4.82. The predicted molar refractivity (Wildman–Crippen MR) is 66.0 cm³/mol. The summed E-state index contributed by atoms with van der Waals surface area (Å²) in [5, 5.41) is 4.15. The molecule has 0 aliphatic carbocycles. The Kier molecular flexibility index (Phi) is 2.52. The zero-order chi connectivity index (χ0) is 12.7. The van der Waals surface area contributed by atoms with Crippen LogP contribution in [-0.4, -0.2) is 44.5 Å². The number of carbonyl (C=O) groups excluding carboxylic acids is 1. The number of fused-ring (bicyclic) bond motifs is 1. The molecular formula is C12H15N5O. The highest BCUT2D eigenvalue weighted by Gasteiger charge is 2.31. The third kappa shape index (κ3) is 1.65. The highest BCUT2D eigenvalue weighted by Crippen LogP contribution is 2.19. The molecule has 0 spiro atoms. The van der Waals surface area contributed by atoms with Crippen LogP contribution in [0.4, 0.5) is 0 Å². The first-order valence-electron chi connectivity index (χ1n) is 5.99. The van der Waals surface area contributed by atoms with E-state index in [1.807, 2.05) is 0 Å².